The standard InChI is InChI=1S/C26H31F2N3O4S/c1-17-25(19-7-5-4-6-8-19)31(26(33)29(17)2)24(32)16-23(20-13-21(27)15-22(28)14-20)18-9-11-30(12-10-18)36(3,34)35/h4-8,13-15,17-18,23,25H,9-12,16H2,1-3H3/t17?,23-,25?/m1/s1. The first-order chi connectivity index (χ1) is 17.0. The molecule has 2 aliphatic rings. The predicted octanol–water partition coefficient (Wildman–Crippen LogP) is 4.13. The number of carbonyl (C=O) groups excluding carboxylic acids is 2. The van der Waals surface area contributed by atoms with Crippen LogP contribution in [0.3, 0.4) is 0 Å². The maximum Gasteiger partial charge on any atom is 0.327 e. The first kappa shape index (κ1) is 26.2. The van der Waals surface area contributed by atoms with Gasteiger partial charge in [0.1, 0.15) is 11.6 Å². The number of likely N-dealkylation sites (N-methyl/N-ethyl adjacent to an activating group) is 1. The lowest BCUT2D eigenvalue weighted by atomic mass is 9.78. The average Bonchev–Trinajstić information content (AvgIpc) is 3.06. The zero-order valence-electron chi connectivity index (χ0n) is 20.6. The van der Waals surface area contributed by atoms with Gasteiger partial charge in [-0.15, -0.1) is 0 Å². The number of imide groups is 1. The van der Waals surface area contributed by atoms with Gasteiger partial charge in [-0.2, -0.15) is 0 Å². The molecule has 2 aromatic carbocycles. The molecule has 3 atom stereocenters. The van der Waals surface area contributed by atoms with E-state index in [4.69, 9.17) is 0 Å². The fourth-order valence-corrected chi connectivity index (χ4v) is 6.35. The molecular formula is C26H31F2N3O4S. The molecule has 0 bridgehead atoms. The monoisotopic (exact) mass is 519 g/mol. The molecule has 194 valence electrons. The molecule has 2 aromatic rings. The highest BCUT2D eigenvalue weighted by Gasteiger charge is 2.46. The van der Waals surface area contributed by atoms with Crippen LogP contribution < -0.4 is 0 Å². The van der Waals surface area contributed by atoms with Crippen molar-refractivity contribution in [1.29, 1.82) is 0 Å². The number of benzene rings is 2. The quantitative estimate of drug-likeness (QED) is 0.575. The molecular weight excluding hydrogens is 488 g/mol. The molecule has 0 N–H and O–H groups in total. The molecule has 2 aliphatic heterocycles. The molecule has 0 saturated carbocycles. The van der Waals surface area contributed by atoms with E-state index in [1.165, 1.54) is 26.2 Å². The van der Waals surface area contributed by atoms with Crippen molar-refractivity contribution in [3.8, 4) is 0 Å². The molecule has 3 amide bonds. The van der Waals surface area contributed by atoms with Crippen LogP contribution in [0.2, 0.25) is 0 Å². The fraction of sp³-hybridized carbons (Fsp3) is 0.462. The summed E-state index contributed by atoms with van der Waals surface area (Å²) < 4.78 is 53.7. The Hall–Kier alpha value is -2.85. The second-order valence-electron chi connectivity index (χ2n) is 9.77. The van der Waals surface area contributed by atoms with E-state index in [0.29, 0.717) is 18.4 Å². The number of hydrogen-bond donors (Lipinski definition) is 0. The Labute approximate surface area is 210 Å². The Morgan fingerprint density at radius 2 is 1.64 bits per heavy atom. The molecule has 0 aromatic heterocycles. The van der Waals surface area contributed by atoms with Crippen LogP contribution >= 0.6 is 0 Å². The molecule has 0 spiro atoms. The van der Waals surface area contributed by atoms with Crippen LogP contribution in [-0.2, 0) is 14.8 Å². The predicted molar refractivity (Wildman–Crippen MR) is 132 cm³/mol. The molecule has 2 saturated heterocycles. The van der Waals surface area contributed by atoms with Crippen molar-refractivity contribution in [2.75, 3.05) is 26.4 Å². The average molecular weight is 520 g/mol. The van der Waals surface area contributed by atoms with E-state index in [1.54, 1.807) is 7.05 Å². The van der Waals surface area contributed by atoms with E-state index in [9.17, 15) is 26.8 Å². The summed E-state index contributed by atoms with van der Waals surface area (Å²) in [6, 6.07) is 11.3. The SMILES string of the molecule is CC1C(c2ccccc2)N(C(=O)C[C@@H](c2cc(F)cc(F)c2)C2CCN(S(C)(=O)=O)CC2)C(=O)N1C. The summed E-state index contributed by atoms with van der Waals surface area (Å²) in [5.41, 5.74) is 1.16. The maximum atomic E-state index is 14.2. The van der Waals surface area contributed by atoms with Crippen LogP contribution in [0.1, 0.15) is 49.3 Å². The van der Waals surface area contributed by atoms with Gasteiger partial charge in [0, 0.05) is 32.6 Å². The third kappa shape index (κ3) is 5.29. The lowest BCUT2D eigenvalue weighted by Crippen LogP contribution is -2.41. The zero-order valence-corrected chi connectivity index (χ0v) is 21.4. The second-order valence-corrected chi connectivity index (χ2v) is 11.7. The van der Waals surface area contributed by atoms with Crippen LogP contribution in [0, 0.1) is 17.6 Å². The van der Waals surface area contributed by atoms with Gasteiger partial charge in [0.2, 0.25) is 15.9 Å². The minimum absolute atomic E-state index is 0.123. The Morgan fingerprint density at radius 3 is 2.19 bits per heavy atom. The summed E-state index contributed by atoms with van der Waals surface area (Å²) >= 11 is 0. The lowest BCUT2D eigenvalue weighted by Gasteiger charge is -2.36. The van der Waals surface area contributed by atoms with Crippen LogP contribution in [0.25, 0.3) is 0 Å². The van der Waals surface area contributed by atoms with E-state index in [2.05, 4.69) is 0 Å². The molecule has 0 radical (unpaired) electrons. The number of rotatable bonds is 6. The van der Waals surface area contributed by atoms with E-state index >= 15 is 0 Å². The molecule has 4 rings (SSSR count). The topological polar surface area (TPSA) is 78.0 Å². The maximum absolute atomic E-state index is 14.2. The molecule has 2 unspecified atom stereocenters. The van der Waals surface area contributed by atoms with Crippen molar-refractivity contribution < 1.29 is 26.8 Å². The van der Waals surface area contributed by atoms with Gasteiger partial charge >= 0.3 is 6.03 Å². The molecule has 36 heavy (non-hydrogen) atoms. The summed E-state index contributed by atoms with van der Waals surface area (Å²) in [4.78, 5) is 29.7. The second kappa shape index (κ2) is 10.3. The van der Waals surface area contributed by atoms with Gasteiger partial charge in [-0.25, -0.2) is 26.3 Å². The smallest absolute Gasteiger partial charge is 0.322 e. The van der Waals surface area contributed by atoms with Crippen LogP contribution in [-0.4, -0.2) is 66.9 Å². The Bertz CT molecular complexity index is 1210. The van der Waals surface area contributed by atoms with E-state index in [0.717, 1.165) is 17.9 Å². The molecule has 10 heteroatoms. The molecule has 7 nitrogen and oxygen atoms in total. The number of amides is 3. The Balaban J connectivity index is 1.65. The largest absolute Gasteiger partial charge is 0.327 e. The molecule has 2 fully saturated rings. The van der Waals surface area contributed by atoms with Crippen molar-refractivity contribution in [2.45, 2.75) is 44.2 Å². The van der Waals surface area contributed by atoms with Gasteiger partial charge in [-0.3, -0.25) is 9.69 Å². The van der Waals surface area contributed by atoms with E-state index < -0.39 is 45.6 Å². The Morgan fingerprint density at radius 1 is 1.06 bits per heavy atom. The minimum Gasteiger partial charge on any atom is -0.322 e. The van der Waals surface area contributed by atoms with Gasteiger partial charge in [0.15, 0.2) is 0 Å². The first-order valence-corrected chi connectivity index (χ1v) is 13.9. The highest BCUT2D eigenvalue weighted by atomic mass is 32.2. The van der Waals surface area contributed by atoms with Crippen LogP contribution in [0.15, 0.2) is 48.5 Å². The number of sulfonamides is 1. The number of nitrogens with zero attached hydrogens (tertiary/aromatic N) is 3. The zero-order chi connectivity index (χ0) is 26.2. The van der Waals surface area contributed by atoms with Gasteiger partial charge < -0.3 is 4.90 Å². The van der Waals surface area contributed by atoms with E-state index in [-0.39, 0.29) is 31.5 Å². The van der Waals surface area contributed by atoms with Gasteiger partial charge in [0.05, 0.1) is 18.3 Å². The minimum atomic E-state index is -3.36. The molecule has 0 aliphatic carbocycles. The summed E-state index contributed by atoms with van der Waals surface area (Å²) in [6.07, 6.45) is 1.91. The van der Waals surface area contributed by atoms with Crippen molar-refractivity contribution in [2.24, 2.45) is 5.92 Å². The van der Waals surface area contributed by atoms with Crippen molar-refractivity contribution in [3.05, 3.63) is 71.3 Å². The summed E-state index contributed by atoms with van der Waals surface area (Å²) in [7, 11) is -1.71. The van der Waals surface area contributed by atoms with Crippen molar-refractivity contribution >= 4 is 22.0 Å². The van der Waals surface area contributed by atoms with Gasteiger partial charge in [-0.1, -0.05) is 30.3 Å². The van der Waals surface area contributed by atoms with Gasteiger partial charge in [0.25, 0.3) is 0 Å². The number of urea groups is 1. The molecule has 2 heterocycles. The third-order valence-electron chi connectivity index (χ3n) is 7.51. The van der Waals surface area contributed by atoms with Crippen molar-refractivity contribution in [3.63, 3.8) is 0 Å². The first-order valence-electron chi connectivity index (χ1n) is 12.0. The third-order valence-corrected chi connectivity index (χ3v) is 8.81. The van der Waals surface area contributed by atoms with Crippen LogP contribution in [0.4, 0.5) is 13.6 Å². The number of hydrogen-bond acceptors (Lipinski definition) is 4. The summed E-state index contributed by atoms with van der Waals surface area (Å²) in [5, 5.41) is 0. The number of carbonyl (C=O) groups is 2. The lowest BCUT2D eigenvalue weighted by molar-refractivity contribution is -0.130. The highest BCUT2D eigenvalue weighted by molar-refractivity contribution is 7.88. The van der Waals surface area contributed by atoms with Crippen LogP contribution in [0.5, 0.6) is 0 Å². The van der Waals surface area contributed by atoms with Gasteiger partial charge in [-0.05, 0) is 54.9 Å². The normalized spacial score (nSPS) is 22.8. The highest BCUT2D eigenvalue weighted by Crippen LogP contribution is 2.40. The summed E-state index contributed by atoms with van der Waals surface area (Å²) in [5.74, 6) is -2.68. The number of piperidine rings is 1. The Kier molecular flexibility index (Phi) is 7.47. The number of halogens is 2. The fourth-order valence-electron chi connectivity index (χ4n) is 5.47. The van der Waals surface area contributed by atoms with Crippen molar-refractivity contribution in [1.82, 2.24) is 14.1 Å². The summed E-state index contributed by atoms with van der Waals surface area (Å²) in [6.45, 7) is 2.41. The van der Waals surface area contributed by atoms with E-state index in [1.807, 2.05) is 37.3 Å².